The third-order valence-corrected chi connectivity index (χ3v) is 4.12. The largest absolute Gasteiger partial charge is 0.341 e. The van der Waals surface area contributed by atoms with Crippen molar-refractivity contribution in [3.05, 3.63) is 56.4 Å². The number of nitro groups is 2. The fourth-order valence-corrected chi connectivity index (χ4v) is 2.78. The molecule has 0 atom stereocenters. The second-order valence-corrected chi connectivity index (χ2v) is 6.03. The maximum Gasteiger partial charge on any atom is 0.277 e. The van der Waals surface area contributed by atoms with Gasteiger partial charge in [-0.15, -0.1) is 0 Å². The van der Waals surface area contributed by atoms with Crippen molar-refractivity contribution in [3.8, 4) is 0 Å². The quantitative estimate of drug-likeness (QED) is 0.622. The number of carbonyl (C=O) groups excluding carboxylic acids is 1. The zero-order chi connectivity index (χ0) is 19.4. The Labute approximate surface area is 153 Å². The van der Waals surface area contributed by atoms with Crippen molar-refractivity contribution in [2.24, 2.45) is 0 Å². The molecule has 1 fully saturated rings. The molecule has 1 aliphatic rings. The summed E-state index contributed by atoms with van der Waals surface area (Å²) >= 11 is 0. The van der Waals surface area contributed by atoms with Gasteiger partial charge in [0.05, 0.1) is 39.6 Å². The first-order valence-electron chi connectivity index (χ1n) is 8.26. The van der Waals surface area contributed by atoms with Crippen molar-refractivity contribution in [1.29, 1.82) is 0 Å². The Kier molecular flexibility index (Phi) is 5.20. The predicted molar refractivity (Wildman–Crippen MR) is 95.8 cm³/mol. The summed E-state index contributed by atoms with van der Waals surface area (Å²) in [7, 11) is 0. The van der Waals surface area contributed by atoms with Crippen LogP contribution >= 0.6 is 0 Å². The standard InChI is InChI=1S/C16H16N6O5/c23-15(11-6-13(21(24)25)8-14(7-11)22(26)27)19-12-9-17-16(18-10-12)20-4-2-1-3-5-20/h6-10H,1-5H2,(H,19,23). The lowest BCUT2D eigenvalue weighted by Gasteiger charge is -2.26. The molecular formula is C16H16N6O5. The lowest BCUT2D eigenvalue weighted by molar-refractivity contribution is -0.394. The van der Waals surface area contributed by atoms with Crippen LogP contribution in [0.3, 0.4) is 0 Å². The van der Waals surface area contributed by atoms with Crippen LogP contribution in [0, 0.1) is 20.2 Å². The van der Waals surface area contributed by atoms with E-state index >= 15 is 0 Å². The van der Waals surface area contributed by atoms with E-state index in [-0.39, 0.29) is 11.3 Å². The third kappa shape index (κ3) is 4.32. The van der Waals surface area contributed by atoms with Crippen LogP contribution in [0.25, 0.3) is 0 Å². The molecule has 0 radical (unpaired) electrons. The summed E-state index contributed by atoms with van der Waals surface area (Å²) in [5, 5.41) is 24.3. The lowest BCUT2D eigenvalue weighted by Crippen LogP contribution is -2.30. The number of hydrogen-bond acceptors (Lipinski definition) is 8. The second kappa shape index (κ2) is 7.72. The summed E-state index contributed by atoms with van der Waals surface area (Å²) in [5.74, 6) is -0.158. The van der Waals surface area contributed by atoms with E-state index in [0.29, 0.717) is 5.95 Å². The molecule has 27 heavy (non-hydrogen) atoms. The van der Waals surface area contributed by atoms with E-state index in [1.54, 1.807) is 0 Å². The van der Waals surface area contributed by atoms with E-state index in [1.165, 1.54) is 18.8 Å². The number of nitro benzene ring substituents is 2. The van der Waals surface area contributed by atoms with Crippen LogP contribution < -0.4 is 10.2 Å². The molecule has 0 bridgehead atoms. The fraction of sp³-hybridized carbons (Fsp3) is 0.312. The van der Waals surface area contributed by atoms with Gasteiger partial charge in [0.2, 0.25) is 5.95 Å². The number of hydrogen-bond donors (Lipinski definition) is 1. The molecule has 3 rings (SSSR count). The van der Waals surface area contributed by atoms with Crippen molar-refractivity contribution in [2.45, 2.75) is 19.3 Å². The molecule has 11 heteroatoms. The Morgan fingerprint density at radius 2 is 1.52 bits per heavy atom. The van der Waals surface area contributed by atoms with Crippen molar-refractivity contribution < 1.29 is 14.6 Å². The van der Waals surface area contributed by atoms with Gasteiger partial charge in [-0.05, 0) is 19.3 Å². The van der Waals surface area contributed by atoms with Gasteiger partial charge in [-0.3, -0.25) is 25.0 Å². The first kappa shape index (κ1) is 18.2. The van der Waals surface area contributed by atoms with E-state index in [2.05, 4.69) is 20.2 Å². The molecule has 1 N–H and O–H groups in total. The number of aromatic nitrogens is 2. The first-order chi connectivity index (χ1) is 12.9. The Balaban J connectivity index is 1.76. The van der Waals surface area contributed by atoms with Crippen molar-refractivity contribution >= 4 is 28.9 Å². The molecule has 1 amide bonds. The van der Waals surface area contributed by atoms with Gasteiger partial charge in [0.15, 0.2) is 0 Å². The van der Waals surface area contributed by atoms with E-state index in [4.69, 9.17) is 0 Å². The van der Waals surface area contributed by atoms with Crippen LogP contribution in [-0.4, -0.2) is 38.8 Å². The molecule has 0 aliphatic carbocycles. The Morgan fingerprint density at radius 3 is 2.04 bits per heavy atom. The smallest absolute Gasteiger partial charge is 0.277 e. The summed E-state index contributed by atoms with van der Waals surface area (Å²) < 4.78 is 0. The van der Waals surface area contributed by atoms with Gasteiger partial charge in [-0.25, -0.2) is 9.97 Å². The first-order valence-corrected chi connectivity index (χ1v) is 8.26. The van der Waals surface area contributed by atoms with Gasteiger partial charge in [0.25, 0.3) is 17.3 Å². The molecule has 2 aromatic rings. The minimum atomic E-state index is -0.791. The number of nitrogens with zero attached hydrogens (tertiary/aromatic N) is 5. The van der Waals surface area contributed by atoms with Gasteiger partial charge in [-0.1, -0.05) is 0 Å². The number of piperidine rings is 1. The molecule has 140 valence electrons. The minimum Gasteiger partial charge on any atom is -0.341 e. The number of anilines is 2. The van der Waals surface area contributed by atoms with Crippen LogP contribution in [0.15, 0.2) is 30.6 Å². The molecule has 0 saturated carbocycles. The second-order valence-electron chi connectivity index (χ2n) is 6.03. The van der Waals surface area contributed by atoms with E-state index in [1.807, 2.05) is 0 Å². The monoisotopic (exact) mass is 372 g/mol. The molecular weight excluding hydrogens is 356 g/mol. The van der Waals surface area contributed by atoms with Gasteiger partial charge in [0.1, 0.15) is 0 Å². The Bertz CT molecular complexity index is 847. The average Bonchev–Trinajstić information content (AvgIpc) is 2.68. The zero-order valence-corrected chi connectivity index (χ0v) is 14.2. The van der Waals surface area contributed by atoms with Crippen LogP contribution in [0.5, 0.6) is 0 Å². The molecule has 0 unspecified atom stereocenters. The predicted octanol–water partition coefficient (Wildman–Crippen LogP) is 2.54. The van der Waals surface area contributed by atoms with Gasteiger partial charge in [-0.2, -0.15) is 0 Å². The lowest BCUT2D eigenvalue weighted by atomic mass is 10.1. The van der Waals surface area contributed by atoms with Crippen molar-refractivity contribution in [1.82, 2.24) is 9.97 Å². The van der Waals surface area contributed by atoms with Gasteiger partial charge >= 0.3 is 0 Å². The summed E-state index contributed by atoms with van der Waals surface area (Å²) in [6.07, 6.45) is 6.20. The Hall–Kier alpha value is -3.63. The van der Waals surface area contributed by atoms with Crippen LogP contribution in [0.1, 0.15) is 29.6 Å². The van der Waals surface area contributed by atoms with Gasteiger partial charge < -0.3 is 10.2 Å². The maximum atomic E-state index is 12.3. The van der Waals surface area contributed by atoms with E-state index in [0.717, 1.165) is 44.1 Å². The molecule has 0 spiro atoms. The van der Waals surface area contributed by atoms with Crippen molar-refractivity contribution in [3.63, 3.8) is 0 Å². The highest BCUT2D eigenvalue weighted by atomic mass is 16.6. The van der Waals surface area contributed by atoms with Crippen LogP contribution in [0.2, 0.25) is 0 Å². The maximum absolute atomic E-state index is 12.3. The SMILES string of the molecule is O=C(Nc1cnc(N2CCCCC2)nc1)c1cc([N+](=O)[O-])cc([N+](=O)[O-])c1. The highest BCUT2D eigenvalue weighted by Gasteiger charge is 2.20. The zero-order valence-electron chi connectivity index (χ0n) is 14.2. The molecule has 1 aromatic carbocycles. The molecule has 2 heterocycles. The van der Waals surface area contributed by atoms with Gasteiger partial charge in [0, 0.05) is 25.2 Å². The number of amides is 1. The number of nitrogens with one attached hydrogen (secondary N) is 1. The number of non-ortho nitro benzene ring substituents is 2. The summed E-state index contributed by atoms with van der Waals surface area (Å²) in [6, 6.07) is 2.75. The molecule has 1 aliphatic heterocycles. The topological polar surface area (TPSA) is 144 Å². The fourth-order valence-electron chi connectivity index (χ4n) is 2.78. The van der Waals surface area contributed by atoms with E-state index < -0.39 is 27.1 Å². The molecule has 1 aromatic heterocycles. The van der Waals surface area contributed by atoms with Crippen molar-refractivity contribution in [2.75, 3.05) is 23.3 Å². The Morgan fingerprint density at radius 1 is 0.963 bits per heavy atom. The highest BCUT2D eigenvalue weighted by Crippen LogP contribution is 2.23. The highest BCUT2D eigenvalue weighted by molar-refractivity contribution is 6.05. The number of carbonyl (C=O) groups is 1. The number of rotatable bonds is 5. The normalized spacial score (nSPS) is 13.9. The van der Waals surface area contributed by atoms with Crippen LogP contribution in [0.4, 0.5) is 23.0 Å². The summed E-state index contributed by atoms with van der Waals surface area (Å²) in [6.45, 7) is 1.76. The molecule has 1 saturated heterocycles. The molecule has 11 nitrogen and oxygen atoms in total. The minimum absolute atomic E-state index is 0.198. The van der Waals surface area contributed by atoms with E-state index in [9.17, 15) is 25.0 Å². The van der Waals surface area contributed by atoms with Crippen LogP contribution in [-0.2, 0) is 0 Å². The third-order valence-electron chi connectivity index (χ3n) is 4.12. The average molecular weight is 372 g/mol. The number of benzene rings is 1. The summed E-state index contributed by atoms with van der Waals surface area (Å²) in [5.41, 5.74) is -0.983. The summed E-state index contributed by atoms with van der Waals surface area (Å²) in [4.78, 5) is 43.1.